The molecule has 4 nitrogen and oxygen atoms in total. The van der Waals surface area contributed by atoms with Crippen molar-refractivity contribution in [2.45, 2.75) is 77.0 Å². The largest absolute Gasteiger partial charge is 0.355 e. The highest BCUT2D eigenvalue weighted by Crippen LogP contribution is 2.25. The average molecular weight is 267 g/mol. The van der Waals surface area contributed by atoms with E-state index in [1.807, 2.05) is 6.92 Å². The number of likely N-dealkylation sites (tertiary alicyclic amines) is 1. The summed E-state index contributed by atoms with van der Waals surface area (Å²) < 4.78 is 0. The molecule has 2 saturated heterocycles. The van der Waals surface area contributed by atoms with E-state index >= 15 is 0 Å². The van der Waals surface area contributed by atoms with E-state index < -0.39 is 0 Å². The summed E-state index contributed by atoms with van der Waals surface area (Å²) in [5.41, 5.74) is 0. The van der Waals surface area contributed by atoms with Crippen molar-refractivity contribution in [1.82, 2.24) is 15.5 Å². The van der Waals surface area contributed by atoms with Crippen molar-refractivity contribution < 1.29 is 4.79 Å². The molecule has 0 saturated carbocycles. The minimum atomic E-state index is 0.00374. The van der Waals surface area contributed by atoms with Gasteiger partial charge in [-0.3, -0.25) is 9.69 Å². The molecule has 2 N–H and O–H groups in total. The van der Waals surface area contributed by atoms with Crippen LogP contribution >= 0.6 is 0 Å². The molecule has 2 rings (SSSR count). The van der Waals surface area contributed by atoms with Gasteiger partial charge >= 0.3 is 0 Å². The van der Waals surface area contributed by atoms with Gasteiger partial charge in [-0.05, 0) is 59.4 Å². The van der Waals surface area contributed by atoms with Gasteiger partial charge in [0.2, 0.25) is 5.91 Å². The molecule has 0 aromatic rings. The van der Waals surface area contributed by atoms with E-state index in [1.54, 1.807) is 0 Å². The van der Waals surface area contributed by atoms with Gasteiger partial charge in [0, 0.05) is 24.7 Å². The van der Waals surface area contributed by atoms with Crippen LogP contribution in [-0.2, 0) is 4.79 Å². The lowest BCUT2D eigenvalue weighted by molar-refractivity contribution is -0.126. The fourth-order valence-electron chi connectivity index (χ4n) is 3.63. The lowest BCUT2D eigenvalue weighted by Gasteiger charge is -2.31. The third-order valence-electron chi connectivity index (χ3n) is 4.80. The molecule has 0 aromatic carbocycles. The van der Waals surface area contributed by atoms with E-state index in [0.29, 0.717) is 18.1 Å². The van der Waals surface area contributed by atoms with E-state index in [9.17, 15) is 4.79 Å². The van der Waals surface area contributed by atoms with Crippen LogP contribution in [0.3, 0.4) is 0 Å². The van der Waals surface area contributed by atoms with Crippen LogP contribution in [0.2, 0.25) is 0 Å². The number of rotatable bonds is 5. The van der Waals surface area contributed by atoms with Crippen LogP contribution in [0.5, 0.6) is 0 Å². The lowest BCUT2D eigenvalue weighted by Crippen LogP contribution is -2.49. The van der Waals surface area contributed by atoms with Gasteiger partial charge in [-0.15, -0.1) is 0 Å². The monoisotopic (exact) mass is 267 g/mol. The number of carbonyl (C=O) groups is 1. The van der Waals surface area contributed by atoms with Gasteiger partial charge in [-0.25, -0.2) is 0 Å². The van der Waals surface area contributed by atoms with E-state index in [1.165, 1.54) is 25.7 Å². The highest BCUT2D eigenvalue weighted by Gasteiger charge is 2.34. The zero-order chi connectivity index (χ0) is 13.8. The average Bonchev–Trinajstić information content (AvgIpc) is 2.99. The summed E-state index contributed by atoms with van der Waals surface area (Å²) in [5.74, 6) is 0.193. The second-order valence-corrected chi connectivity index (χ2v) is 6.27. The van der Waals surface area contributed by atoms with Crippen LogP contribution in [0.1, 0.15) is 52.9 Å². The first-order valence-corrected chi connectivity index (χ1v) is 7.88. The molecular weight excluding hydrogens is 238 g/mol. The Morgan fingerprint density at radius 1 is 1.32 bits per heavy atom. The normalized spacial score (nSPS) is 33.5. The van der Waals surface area contributed by atoms with Gasteiger partial charge in [0.15, 0.2) is 0 Å². The predicted octanol–water partition coefficient (Wildman–Crippen LogP) is 1.51. The smallest absolute Gasteiger partial charge is 0.237 e. The van der Waals surface area contributed by atoms with Crippen molar-refractivity contribution in [3.8, 4) is 0 Å². The number of hydrogen-bond acceptors (Lipinski definition) is 3. The predicted molar refractivity (Wildman–Crippen MR) is 78.1 cm³/mol. The van der Waals surface area contributed by atoms with E-state index in [-0.39, 0.29) is 11.9 Å². The molecule has 0 spiro atoms. The van der Waals surface area contributed by atoms with Crippen LogP contribution in [0, 0.1) is 0 Å². The Morgan fingerprint density at radius 3 is 2.58 bits per heavy atom. The molecule has 2 fully saturated rings. The van der Waals surface area contributed by atoms with Crippen molar-refractivity contribution in [3.05, 3.63) is 0 Å². The van der Waals surface area contributed by atoms with Crippen LogP contribution < -0.4 is 10.6 Å². The number of nitrogens with zero attached hydrogens (tertiary/aromatic N) is 1. The number of carbonyl (C=O) groups excluding carboxylic acids is 1. The van der Waals surface area contributed by atoms with E-state index in [0.717, 1.165) is 19.5 Å². The Morgan fingerprint density at radius 2 is 2.00 bits per heavy atom. The third kappa shape index (κ3) is 3.69. The van der Waals surface area contributed by atoms with Crippen molar-refractivity contribution in [1.29, 1.82) is 0 Å². The standard InChI is InChI=1S/C15H29N3O/c1-11-6-7-12(2)18(11)13(3)15(19)17-10-8-14-5-4-9-16-14/h11-14,16H,4-10H2,1-3H3,(H,17,19). The van der Waals surface area contributed by atoms with Crippen LogP contribution in [-0.4, -0.2) is 48.1 Å². The molecular formula is C15H29N3O. The first kappa shape index (κ1) is 14.8. The zero-order valence-corrected chi connectivity index (χ0v) is 12.6. The Bertz CT molecular complexity index is 292. The van der Waals surface area contributed by atoms with Gasteiger partial charge in [-0.1, -0.05) is 0 Å². The van der Waals surface area contributed by atoms with E-state index in [4.69, 9.17) is 0 Å². The third-order valence-corrected chi connectivity index (χ3v) is 4.80. The molecule has 19 heavy (non-hydrogen) atoms. The summed E-state index contributed by atoms with van der Waals surface area (Å²) in [6.45, 7) is 8.45. The minimum absolute atomic E-state index is 0.00374. The molecule has 0 radical (unpaired) electrons. The fourth-order valence-corrected chi connectivity index (χ4v) is 3.63. The molecule has 4 unspecified atom stereocenters. The summed E-state index contributed by atoms with van der Waals surface area (Å²) in [6, 6.07) is 1.68. The summed E-state index contributed by atoms with van der Waals surface area (Å²) in [7, 11) is 0. The molecule has 110 valence electrons. The molecule has 2 aliphatic heterocycles. The second kappa shape index (κ2) is 6.71. The Hall–Kier alpha value is -0.610. The number of hydrogen-bond donors (Lipinski definition) is 2. The van der Waals surface area contributed by atoms with E-state index in [2.05, 4.69) is 29.4 Å². The highest BCUT2D eigenvalue weighted by molar-refractivity contribution is 5.81. The quantitative estimate of drug-likeness (QED) is 0.793. The maximum atomic E-state index is 12.2. The van der Waals surface area contributed by atoms with Crippen molar-refractivity contribution in [2.24, 2.45) is 0 Å². The topological polar surface area (TPSA) is 44.4 Å². The van der Waals surface area contributed by atoms with Crippen molar-refractivity contribution in [3.63, 3.8) is 0 Å². The number of nitrogens with one attached hydrogen (secondary N) is 2. The Balaban J connectivity index is 1.72. The van der Waals surface area contributed by atoms with Gasteiger partial charge in [0.1, 0.15) is 0 Å². The molecule has 4 atom stereocenters. The minimum Gasteiger partial charge on any atom is -0.355 e. The second-order valence-electron chi connectivity index (χ2n) is 6.27. The maximum Gasteiger partial charge on any atom is 0.237 e. The van der Waals surface area contributed by atoms with Crippen molar-refractivity contribution >= 4 is 5.91 Å². The highest BCUT2D eigenvalue weighted by atomic mass is 16.2. The molecule has 0 aliphatic carbocycles. The zero-order valence-electron chi connectivity index (χ0n) is 12.6. The first-order chi connectivity index (χ1) is 9.09. The maximum absolute atomic E-state index is 12.2. The van der Waals surface area contributed by atoms with Gasteiger partial charge in [0.25, 0.3) is 0 Å². The summed E-state index contributed by atoms with van der Waals surface area (Å²) in [5, 5.41) is 6.57. The molecule has 4 heteroatoms. The fraction of sp³-hybridized carbons (Fsp3) is 0.933. The molecule has 0 aromatic heterocycles. The van der Waals surface area contributed by atoms with Crippen LogP contribution in [0.4, 0.5) is 0 Å². The van der Waals surface area contributed by atoms with Gasteiger partial charge < -0.3 is 10.6 Å². The molecule has 0 bridgehead atoms. The summed E-state index contributed by atoms with van der Waals surface area (Å²) >= 11 is 0. The van der Waals surface area contributed by atoms with Crippen LogP contribution in [0.15, 0.2) is 0 Å². The van der Waals surface area contributed by atoms with Crippen molar-refractivity contribution in [2.75, 3.05) is 13.1 Å². The first-order valence-electron chi connectivity index (χ1n) is 7.88. The van der Waals surface area contributed by atoms with Gasteiger partial charge in [0.05, 0.1) is 6.04 Å². The lowest BCUT2D eigenvalue weighted by atomic mass is 10.1. The Kier molecular flexibility index (Phi) is 5.22. The van der Waals surface area contributed by atoms with Crippen LogP contribution in [0.25, 0.3) is 0 Å². The number of amides is 1. The molecule has 2 heterocycles. The molecule has 2 aliphatic rings. The summed E-state index contributed by atoms with van der Waals surface area (Å²) in [4.78, 5) is 14.6. The summed E-state index contributed by atoms with van der Waals surface area (Å²) in [6.07, 6.45) is 6.02. The van der Waals surface area contributed by atoms with Gasteiger partial charge in [-0.2, -0.15) is 0 Å². The SMILES string of the molecule is CC1CCC(C)N1C(C)C(=O)NCCC1CCCN1. The Labute approximate surface area is 117 Å². The molecule has 1 amide bonds.